The number of piperidine rings is 1. The zero-order chi connectivity index (χ0) is 13.9. The lowest BCUT2D eigenvalue weighted by molar-refractivity contribution is 0.414. The maximum Gasteiger partial charge on any atom is 0.241 e. The van der Waals surface area contributed by atoms with E-state index >= 15 is 0 Å². The molecule has 1 unspecified atom stereocenters. The van der Waals surface area contributed by atoms with E-state index in [0.29, 0.717) is 22.8 Å². The Morgan fingerprint density at radius 1 is 1.40 bits per heavy atom. The van der Waals surface area contributed by atoms with Gasteiger partial charge in [-0.3, -0.25) is 0 Å². The van der Waals surface area contributed by atoms with Gasteiger partial charge in [0.2, 0.25) is 10.0 Å². The molecule has 20 heavy (non-hydrogen) atoms. The highest BCUT2D eigenvalue weighted by Gasteiger charge is 2.23. The van der Waals surface area contributed by atoms with E-state index in [-0.39, 0.29) is 18.4 Å². The van der Waals surface area contributed by atoms with Gasteiger partial charge in [-0.1, -0.05) is 0 Å². The van der Waals surface area contributed by atoms with Crippen molar-refractivity contribution in [2.45, 2.75) is 30.7 Å². The molecule has 2 N–H and O–H groups in total. The predicted molar refractivity (Wildman–Crippen MR) is 81.2 cm³/mol. The summed E-state index contributed by atoms with van der Waals surface area (Å²) in [5.41, 5.74) is 0.690. The Hall–Kier alpha value is -0.820. The van der Waals surface area contributed by atoms with Crippen LogP contribution in [0, 0.1) is 6.92 Å². The number of halogens is 1. The third kappa shape index (κ3) is 4.09. The summed E-state index contributed by atoms with van der Waals surface area (Å²) in [5.74, 6) is 0.663. The van der Waals surface area contributed by atoms with Crippen LogP contribution in [0.2, 0.25) is 0 Å². The fraction of sp³-hybridized carbons (Fsp3) is 0.538. The van der Waals surface area contributed by atoms with E-state index < -0.39 is 10.0 Å². The lowest BCUT2D eigenvalue weighted by Gasteiger charge is -2.24. The van der Waals surface area contributed by atoms with Crippen LogP contribution in [0.5, 0.6) is 5.75 Å². The summed E-state index contributed by atoms with van der Waals surface area (Å²) >= 11 is 0. The average Bonchev–Trinajstić information content (AvgIpc) is 2.38. The summed E-state index contributed by atoms with van der Waals surface area (Å²) in [5, 5.41) is 3.19. The van der Waals surface area contributed by atoms with Crippen molar-refractivity contribution >= 4 is 22.4 Å². The van der Waals surface area contributed by atoms with Gasteiger partial charge in [-0.25, -0.2) is 13.1 Å². The molecule has 1 fully saturated rings. The minimum absolute atomic E-state index is 0. The average molecular weight is 321 g/mol. The Bertz CT molecular complexity index is 543. The molecule has 0 radical (unpaired) electrons. The van der Waals surface area contributed by atoms with Gasteiger partial charge in [0, 0.05) is 12.6 Å². The van der Waals surface area contributed by atoms with Gasteiger partial charge < -0.3 is 10.1 Å². The number of methoxy groups -OCH3 is 1. The molecular formula is C13H21ClN2O3S. The normalized spacial score (nSPS) is 19.2. The Morgan fingerprint density at radius 2 is 2.15 bits per heavy atom. The number of nitrogens with one attached hydrogen (secondary N) is 2. The van der Waals surface area contributed by atoms with Crippen LogP contribution in [0.1, 0.15) is 18.4 Å². The molecule has 0 aliphatic carbocycles. The Labute approximate surface area is 126 Å². The fourth-order valence-corrected chi connectivity index (χ4v) is 3.78. The van der Waals surface area contributed by atoms with Crippen LogP contribution in [0.4, 0.5) is 0 Å². The standard InChI is InChI=1S/C13H20N2O3S.ClH/c1-10-8-12(18-2)5-6-13(10)19(16,17)15-11-4-3-7-14-9-11;/h5-6,8,11,14-15H,3-4,7,9H2,1-2H3;1H. The molecule has 7 heteroatoms. The highest BCUT2D eigenvalue weighted by atomic mass is 35.5. The molecule has 1 atom stereocenters. The van der Waals surface area contributed by atoms with Crippen LogP contribution in [0.25, 0.3) is 0 Å². The minimum atomic E-state index is -3.46. The summed E-state index contributed by atoms with van der Waals surface area (Å²) in [4.78, 5) is 0.318. The Kier molecular flexibility index (Phi) is 6.26. The molecule has 1 aromatic rings. The van der Waals surface area contributed by atoms with Gasteiger partial charge in [0.05, 0.1) is 12.0 Å². The summed E-state index contributed by atoms with van der Waals surface area (Å²) in [6.45, 7) is 3.42. The van der Waals surface area contributed by atoms with Crippen molar-refractivity contribution in [2.24, 2.45) is 0 Å². The van der Waals surface area contributed by atoms with E-state index in [9.17, 15) is 8.42 Å². The first-order chi connectivity index (χ1) is 9.03. The maximum atomic E-state index is 12.3. The number of rotatable bonds is 4. The van der Waals surface area contributed by atoms with Crippen LogP contribution < -0.4 is 14.8 Å². The third-order valence-corrected chi connectivity index (χ3v) is 4.97. The monoisotopic (exact) mass is 320 g/mol. The largest absolute Gasteiger partial charge is 0.497 e. The highest BCUT2D eigenvalue weighted by molar-refractivity contribution is 7.89. The molecular weight excluding hydrogens is 300 g/mol. The predicted octanol–water partition coefficient (Wildman–Crippen LogP) is 1.46. The van der Waals surface area contributed by atoms with Gasteiger partial charge in [0.15, 0.2) is 0 Å². The third-order valence-electron chi connectivity index (χ3n) is 3.29. The van der Waals surface area contributed by atoms with Crippen LogP contribution in [-0.4, -0.2) is 34.7 Å². The molecule has 114 valence electrons. The molecule has 1 aliphatic rings. The van der Waals surface area contributed by atoms with Crippen LogP contribution in [0.3, 0.4) is 0 Å². The number of ether oxygens (including phenoxy) is 1. The zero-order valence-electron chi connectivity index (χ0n) is 11.7. The molecule has 5 nitrogen and oxygen atoms in total. The molecule has 0 amide bonds. The van der Waals surface area contributed by atoms with Gasteiger partial charge >= 0.3 is 0 Å². The van der Waals surface area contributed by atoms with Crippen molar-refractivity contribution in [1.29, 1.82) is 0 Å². The number of sulfonamides is 1. The number of benzene rings is 1. The first kappa shape index (κ1) is 17.2. The van der Waals surface area contributed by atoms with Crippen molar-refractivity contribution in [3.05, 3.63) is 23.8 Å². The molecule has 0 bridgehead atoms. The van der Waals surface area contributed by atoms with Gasteiger partial charge in [-0.15, -0.1) is 12.4 Å². The SMILES string of the molecule is COc1ccc(S(=O)(=O)NC2CCCNC2)c(C)c1.Cl. The van der Waals surface area contributed by atoms with Gasteiger partial charge in [0.25, 0.3) is 0 Å². The van der Waals surface area contributed by atoms with Crippen molar-refractivity contribution in [3.63, 3.8) is 0 Å². The molecule has 0 aromatic heterocycles. The van der Waals surface area contributed by atoms with E-state index in [1.807, 2.05) is 0 Å². The second-order valence-corrected chi connectivity index (χ2v) is 6.48. The molecule has 0 saturated carbocycles. The van der Waals surface area contributed by atoms with Gasteiger partial charge in [0.1, 0.15) is 5.75 Å². The molecule has 2 rings (SSSR count). The fourth-order valence-electron chi connectivity index (χ4n) is 2.29. The topological polar surface area (TPSA) is 67.4 Å². The lowest BCUT2D eigenvalue weighted by Crippen LogP contribution is -2.45. The molecule has 1 aliphatic heterocycles. The van der Waals surface area contributed by atoms with Crippen LogP contribution >= 0.6 is 12.4 Å². The summed E-state index contributed by atoms with van der Waals surface area (Å²) < 4.78 is 32.5. The molecule has 1 aromatic carbocycles. The number of hydrogen-bond acceptors (Lipinski definition) is 4. The maximum absolute atomic E-state index is 12.3. The summed E-state index contributed by atoms with van der Waals surface area (Å²) in [6, 6.07) is 4.96. The van der Waals surface area contributed by atoms with Crippen molar-refractivity contribution in [3.8, 4) is 5.75 Å². The van der Waals surface area contributed by atoms with Crippen molar-refractivity contribution in [1.82, 2.24) is 10.0 Å². The summed E-state index contributed by atoms with van der Waals surface area (Å²) in [7, 11) is -1.90. The molecule has 1 saturated heterocycles. The first-order valence-corrected chi connectivity index (χ1v) is 7.89. The first-order valence-electron chi connectivity index (χ1n) is 6.40. The van der Waals surface area contributed by atoms with Crippen LogP contribution in [-0.2, 0) is 10.0 Å². The molecule has 0 spiro atoms. The number of hydrogen-bond donors (Lipinski definition) is 2. The Morgan fingerprint density at radius 3 is 2.70 bits per heavy atom. The number of aryl methyl sites for hydroxylation is 1. The molecule has 1 heterocycles. The van der Waals surface area contributed by atoms with E-state index in [1.165, 1.54) is 0 Å². The van der Waals surface area contributed by atoms with Gasteiger partial charge in [-0.05, 0) is 50.1 Å². The second kappa shape index (κ2) is 7.26. The van der Waals surface area contributed by atoms with Gasteiger partial charge in [-0.2, -0.15) is 0 Å². The zero-order valence-corrected chi connectivity index (χ0v) is 13.3. The smallest absolute Gasteiger partial charge is 0.241 e. The lowest BCUT2D eigenvalue weighted by atomic mass is 10.1. The van der Waals surface area contributed by atoms with E-state index in [2.05, 4.69) is 10.0 Å². The Balaban J connectivity index is 0.00000200. The van der Waals surface area contributed by atoms with Crippen molar-refractivity contribution < 1.29 is 13.2 Å². The van der Waals surface area contributed by atoms with E-state index in [1.54, 1.807) is 32.2 Å². The van der Waals surface area contributed by atoms with E-state index in [0.717, 1.165) is 19.4 Å². The quantitative estimate of drug-likeness (QED) is 0.881. The van der Waals surface area contributed by atoms with Crippen molar-refractivity contribution in [2.75, 3.05) is 20.2 Å². The van der Waals surface area contributed by atoms with E-state index in [4.69, 9.17) is 4.74 Å². The second-order valence-electron chi connectivity index (χ2n) is 4.80. The minimum Gasteiger partial charge on any atom is -0.497 e. The summed E-state index contributed by atoms with van der Waals surface area (Å²) in [6.07, 6.45) is 1.87. The highest BCUT2D eigenvalue weighted by Crippen LogP contribution is 2.21. The van der Waals surface area contributed by atoms with Crippen LogP contribution in [0.15, 0.2) is 23.1 Å².